The molecule has 7 heteroatoms. The van der Waals surface area contributed by atoms with Crippen molar-refractivity contribution in [2.75, 3.05) is 6.61 Å². The Bertz CT molecular complexity index is 931. The summed E-state index contributed by atoms with van der Waals surface area (Å²) in [6.45, 7) is 11.6. The Morgan fingerprint density at radius 3 is 2.30 bits per heavy atom. The minimum atomic E-state index is -1.45. The third-order valence-corrected chi connectivity index (χ3v) is 12.4. The molecular weight excluding hydrogens is 472 g/mol. The van der Waals surface area contributed by atoms with Crippen molar-refractivity contribution in [1.82, 2.24) is 0 Å². The number of carbonyl (C=O) groups is 1. The van der Waals surface area contributed by atoms with Crippen LogP contribution in [0.2, 0.25) is 0 Å². The molecule has 6 N–H and O–H groups in total. The number of allylic oxidation sites excluding steroid dienone is 1. The van der Waals surface area contributed by atoms with Crippen LogP contribution in [0.25, 0.3) is 0 Å². The summed E-state index contributed by atoms with van der Waals surface area (Å²) in [5.41, 5.74) is -4.18. The lowest BCUT2D eigenvalue weighted by Crippen LogP contribution is -2.65. The van der Waals surface area contributed by atoms with Gasteiger partial charge in [0, 0.05) is 17.4 Å². The highest BCUT2D eigenvalue weighted by Gasteiger charge is 2.71. The molecule has 0 radical (unpaired) electrons. The zero-order valence-electron chi connectivity index (χ0n) is 23.6. The topological polar surface area (TPSA) is 138 Å². The van der Waals surface area contributed by atoms with Crippen molar-refractivity contribution < 1.29 is 35.4 Å². The fraction of sp³-hybridized carbons (Fsp3) is 0.900. The molecular formula is C30H50O7. The molecule has 4 aliphatic carbocycles. The van der Waals surface area contributed by atoms with E-state index in [0.717, 1.165) is 6.42 Å². The summed E-state index contributed by atoms with van der Waals surface area (Å²) in [6, 6.07) is 0. The Kier molecular flexibility index (Phi) is 7.39. The van der Waals surface area contributed by atoms with E-state index in [4.69, 9.17) is 0 Å². The molecule has 212 valence electrons. The van der Waals surface area contributed by atoms with Gasteiger partial charge in [0.05, 0.1) is 29.5 Å². The second-order valence-corrected chi connectivity index (χ2v) is 14.0. The van der Waals surface area contributed by atoms with Crippen LogP contribution in [0.5, 0.6) is 0 Å². The van der Waals surface area contributed by atoms with Crippen molar-refractivity contribution in [2.24, 2.45) is 39.9 Å². The van der Waals surface area contributed by atoms with Crippen LogP contribution in [0.4, 0.5) is 0 Å². The first-order valence-electron chi connectivity index (χ1n) is 14.4. The quantitative estimate of drug-likeness (QED) is 0.302. The van der Waals surface area contributed by atoms with Gasteiger partial charge in [-0.3, -0.25) is 4.79 Å². The fourth-order valence-electron chi connectivity index (χ4n) is 9.31. The standard InChI is InChI=1S/C30H50O7/c1-7-18(17(2)16-31)12-25(35)29(6,36)23-9-11-30(37)20-13-24(34)28(5)15-22(33)21(32)14-27(28,4)19(20)8-10-26(23,30)3/h13,17-19,21-23,25,31-33,35-37H,7-12,14-16H2,1-6H3/t17-,18+,19-,21-,22+,23-,25+,26+,27+,28-,29+,30+/m0/s1. The molecule has 0 aliphatic heterocycles. The minimum absolute atomic E-state index is 0.0137. The average molecular weight is 523 g/mol. The summed E-state index contributed by atoms with van der Waals surface area (Å²) >= 11 is 0. The average Bonchev–Trinajstić information content (AvgIpc) is 3.12. The zero-order chi connectivity index (χ0) is 27.8. The largest absolute Gasteiger partial charge is 0.396 e. The first-order chi connectivity index (χ1) is 17.0. The third kappa shape index (κ3) is 3.93. The summed E-state index contributed by atoms with van der Waals surface area (Å²) in [5.74, 6) is -0.513. The van der Waals surface area contributed by atoms with Gasteiger partial charge >= 0.3 is 0 Å². The molecule has 3 fully saturated rings. The molecule has 0 aromatic heterocycles. The van der Waals surface area contributed by atoms with Crippen LogP contribution in [0.1, 0.15) is 92.9 Å². The molecule has 37 heavy (non-hydrogen) atoms. The Balaban J connectivity index is 1.68. The Hall–Kier alpha value is -0.830. The molecule has 4 aliphatic rings. The lowest BCUT2D eigenvalue weighted by Gasteiger charge is -2.63. The van der Waals surface area contributed by atoms with E-state index < -0.39 is 45.8 Å². The molecule has 0 spiro atoms. The highest BCUT2D eigenvalue weighted by molar-refractivity contribution is 5.97. The van der Waals surface area contributed by atoms with E-state index in [1.807, 2.05) is 34.6 Å². The van der Waals surface area contributed by atoms with Crippen LogP contribution in [0.15, 0.2) is 11.6 Å². The van der Waals surface area contributed by atoms with Gasteiger partial charge in [-0.05, 0) is 92.6 Å². The van der Waals surface area contributed by atoms with E-state index in [2.05, 4.69) is 0 Å². The summed E-state index contributed by atoms with van der Waals surface area (Å²) in [5, 5.41) is 66.2. The number of ketones is 1. The Morgan fingerprint density at radius 1 is 1.08 bits per heavy atom. The predicted octanol–water partition coefficient (Wildman–Crippen LogP) is 2.74. The Labute approximate surface area is 222 Å². The van der Waals surface area contributed by atoms with Crippen LogP contribution < -0.4 is 0 Å². The van der Waals surface area contributed by atoms with Crippen molar-refractivity contribution in [3.05, 3.63) is 11.6 Å². The number of hydrogen-bond acceptors (Lipinski definition) is 7. The molecule has 0 aromatic carbocycles. The normalized spacial score (nSPS) is 47.7. The molecule has 0 unspecified atom stereocenters. The van der Waals surface area contributed by atoms with E-state index in [1.54, 1.807) is 13.0 Å². The lowest BCUT2D eigenvalue weighted by atomic mass is 9.41. The summed E-state index contributed by atoms with van der Waals surface area (Å²) in [4.78, 5) is 13.6. The summed E-state index contributed by atoms with van der Waals surface area (Å²) in [7, 11) is 0. The molecule has 12 atom stereocenters. The third-order valence-electron chi connectivity index (χ3n) is 12.4. The highest BCUT2D eigenvalue weighted by Crippen LogP contribution is 2.70. The van der Waals surface area contributed by atoms with Gasteiger partial charge in [0.15, 0.2) is 5.78 Å². The highest BCUT2D eigenvalue weighted by atomic mass is 16.3. The number of fused-ring (bicyclic) bond motifs is 5. The smallest absolute Gasteiger partial charge is 0.162 e. The SMILES string of the molecule is CC[C@H](C[C@@H](O)[C@](C)(O)[C@H]1CC[C@@]2(O)C3=CC(=O)[C@]4(C)C[C@@H](O)[C@@H](O)C[C@]4(C)[C@H]3CC[C@]12C)[C@@H](C)CO. The van der Waals surface area contributed by atoms with Gasteiger partial charge in [-0.25, -0.2) is 0 Å². The van der Waals surface area contributed by atoms with E-state index in [-0.39, 0.29) is 42.5 Å². The molecule has 7 nitrogen and oxygen atoms in total. The van der Waals surface area contributed by atoms with Gasteiger partial charge in [-0.1, -0.05) is 41.0 Å². The van der Waals surface area contributed by atoms with Crippen molar-refractivity contribution in [3.63, 3.8) is 0 Å². The van der Waals surface area contributed by atoms with Crippen LogP contribution in [0.3, 0.4) is 0 Å². The molecule has 0 aromatic rings. The molecule has 0 saturated heterocycles. The van der Waals surface area contributed by atoms with E-state index in [0.29, 0.717) is 44.1 Å². The fourth-order valence-corrected chi connectivity index (χ4v) is 9.31. The number of aliphatic hydroxyl groups excluding tert-OH is 4. The van der Waals surface area contributed by atoms with Gasteiger partial charge in [0.2, 0.25) is 0 Å². The van der Waals surface area contributed by atoms with Gasteiger partial charge in [-0.15, -0.1) is 0 Å². The summed E-state index contributed by atoms with van der Waals surface area (Å²) < 4.78 is 0. The van der Waals surface area contributed by atoms with Gasteiger partial charge in [-0.2, -0.15) is 0 Å². The van der Waals surface area contributed by atoms with Crippen molar-refractivity contribution >= 4 is 5.78 Å². The summed E-state index contributed by atoms with van der Waals surface area (Å²) in [6.07, 6.45) is 2.67. The maximum absolute atomic E-state index is 13.6. The van der Waals surface area contributed by atoms with Crippen molar-refractivity contribution in [3.8, 4) is 0 Å². The number of aliphatic hydroxyl groups is 6. The second-order valence-electron chi connectivity index (χ2n) is 14.0. The van der Waals surface area contributed by atoms with Gasteiger partial charge < -0.3 is 30.6 Å². The van der Waals surface area contributed by atoms with Crippen LogP contribution in [-0.2, 0) is 4.79 Å². The monoisotopic (exact) mass is 522 g/mol. The first-order valence-corrected chi connectivity index (χ1v) is 14.4. The van der Waals surface area contributed by atoms with Gasteiger partial charge in [0.1, 0.15) is 0 Å². The molecule has 0 bridgehead atoms. The number of carbonyl (C=O) groups excluding carboxylic acids is 1. The predicted molar refractivity (Wildman–Crippen MR) is 140 cm³/mol. The number of hydrogen-bond donors (Lipinski definition) is 6. The van der Waals surface area contributed by atoms with Crippen LogP contribution in [0, 0.1) is 39.9 Å². The van der Waals surface area contributed by atoms with Crippen LogP contribution in [-0.4, -0.2) is 72.5 Å². The zero-order valence-corrected chi connectivity index (χ0v) is 23.6. The molecule has 0 heterocycles. The van der Waals surface area contributed by atoms with Crippen molar-refractivity contribution in [1.29, 1.82) is 0 Å². The number of rotatable bonds is 7. The van der Waals surface area contributed by atoms with Crippen molar-refractivity contribution in [2.45, 2.75) is 122 Å². The lowest BCUT2D eigenvalue weighted by molar-refractivity contribution is -0.189. The molecule has 3 saturated carbocycles. The van der Waals surface area contributed by atoms with E-state index >= 15 is 0 Å². The second kappa shape index (κ2) is 9.38. The molecule has 4 rings (SSSR count). The maximum atomic E-state index is 13.6. The van der Waals surface area contributed by atoms with Crippen LogP contribution >= 0.6 is 0 Å². The molecule has 0 amide bonds. The van der Waals surface area contributed by atoms with E-state index in [9.17, 15) is 35.4 Å². The maximum Gasteiger partial charge on any atom is 0.162 e. The Morgan fingerprint density at radius 2 is 1.70 bits per heavy atom. The first kappa shape index (κ1) is 29.2. The minimum Gasteiger partial charge on any atom is -0.396 e. The van der Waals surface area contributed by atoms with E-state index in [1.165, 1.54) is 0 Å². The van der Waals surface area contributed by atoms with Gasteiger partial charge in [0.25, 0.3) is 0 Å².